The molecule has 1 saturated heterocycles. The molecule has 42 heavy (non-hydrogen) atoms. The lowest BCUT2D eigenvalue weighted by Crippen LogP contribution is -2.39. The van der Waals surface area contributed by atoms with Crippen LogP contribution in [0.5, 0.6) is 0 Å². The molecule has 0 saturated carbocycles. The molecule has 2 N–H and O–H groups in total. The molecular weight excluding hydrogens is 528 g/mol. The quantitative estimate of drug-likeness (QED) is 0.350. The van der Waals surface area contributed by atoms with Crippen molar-refractivity contribution >= 4 is 34.8 Å². The maximum atomic E-state index is 14.2. The average Bonchev–Trinajstić information content (AvgIpc) is 3.39. The van der Waals surface area contributed by atoms with Gasteiger partial charge in [0.05, 0.1) is 5.69 Å². The van der Waals surface area contributed by atoms with E-state index in [1.807, 2.05) is 29.2 Å². The fourth-order valence-corrected chi connectivity index (χ4v) is 6.09. The second kappa shape index (κ2) is 12.4. The Morgan fingerprint density at radius 1 is 0.976 bits per heavy atom. The van der Waals surface area contributed by atoms with Crippen LogP contribution in [0.3, 0.4) is 0 Å². The highest BCUT2D eigenvalue weighted by Crippen LogP contribution is 2.34. The van der Waals surface area contributed by atoms with Gasteiger partial charge in [0, 0.05) is 55.2 Å². The number of hydrogen-bond donors (Lipinski definition) is 1. The fraction of sp³-hybridized carbons (Fsp3) is 0.455. The summed E-state index contributed by atoms with van der Waals surface area (Å²) < 4.78 is 1.65. The Balaban J connectivity index is 1.56. The van der Waals surface area contributed by atoms with Crippen LogP contribution in [0, 0.1) is 0 Å². The normalized spacial score (nSPS) is 15.4. The van der Waals surface area contributed by atoms with Crippen LogP contribution in [0.2, 0.25) is 0 Å². The van der Waals surface area contributed by atoms with Gasteiger partial charge in [0.15, 0.2) is 5.69 Å². The molecule has 3 amide bonds. The smallest absolute Gasteiger partial charge is 0.277 e. The summed E-state index contributed by atoms with van der Waals surface area (Å²) in [6, 6.07) is 13.9. The Hall–Kier alpha value is -4.14. The van der Waals surface area contributed by atoms with Crippen LogP contribution < -0.4 is 20.4 Å². The van der Waals surface area contributed by atoms with Crippen molar-refractivity contribution in [2.24, 2.45) is 5.73 Å². The molecular formula is C33H42N6O3. The maximum absolute atomic E-state index is 14.2. The number of hydrogen-bond acceptors (Lipinski definition) is 5. The summed E-state index contributed by atoms with van der Waals surface area (Å²) in [6.45, 7) is 11.4. The number of carbonyl (C=O) groups is 3. The SMILES string of the molecule is CCCCN(CC)c1ccc(C(C)C)c(-n2nc(C(N)=O)c3c2C(=O)N(c2ccc(N4CCCCC4=O)cc2)CC3)c1. The second-order valence-electron chi connectivity index (χ2n) is 11.5. The van der Waals surface area contributed by atoms with Gasteiger partial charge in [-0.15, -0.1) is 0 Å². The Labute approximate surface area is 248 Å². The van der Waals surface area contributed by atoms with Gasteiger partial charge in [0.25, 0.3) is 11.8 Å². The summed E-state index contributed by atoms with van der Waals surface area (Å²) in [5.74, 6) is -0.565. The molecule has 0 radical (unpaired) electrons. The minimum absolute atomic E-state index is 0.134. The number of aromatic nitrogens is 2. The van der Waals surface area contributed by atoms with E-state index in [2.05, 4.69) is 55.9 Å². The van der Waals surface area contributed by atoms with Gasteiger partial charge >= 0.3 is 0 Å². The van der Waals surface area contributed by atoms with Crippen molar-refractivity contribution in [1.82, 2.24) is 9.78 Å². The molecule has 0 bridgehead atoms. The van der Waals surface area contributed by atoms with E-state index >= 15 is 0 Å². The number of primary amides is 1. The first-order valence-electron chi connectivity index (χ1n) is 15.3. The van der Waals surface area contributed by atoms with E-state index in [4.69, 9.17) is 5.73 Å². The van der Waals surface area contributed by atoms with Crippen LogP contribution in [0.25, 0.3) is 5.69 Å². The predicted molar refractivity (Wildman–Crippen MR) is 167 cm³/mol. The van der Waals surface area contributed by atoms with Crippen LogP contribution in [0.4, 0.5) is 17.1 Å². The van der Waals surface area contributed by atoms with Crippen LogP contribution in [-0.2, 0) is 11.2 Å². The molecule has 0 unspecified atom stereocenters. The Kier molecular flexibility index (Phi) is 8.66. The maximum Gasteiger partial charge on any atom is 0.277 e. The number of nitrogens with two attached hydrogens (primary N) is 1. The number of unbranched alkanes of at least 4 members (excludes halogenated alkanes) is 1. The number of benzene rings is 2. The Bertz CT molecular complexity index is 1480. The van der Waals surface area contributed by atoms with Gasteiger partial charge in [-0.25, -0.2) is 4.68 Å². The van der Waals surface area contributed by atoms with Crippen molar-refractivity contribution in [3.63, 3.8) is 0 Å². The molecule has 1 fully saturated rings. The van der Waals surface area contributed by atoms with Crippen LogP contribution in [-0.4, -0.2) is 53.7 Å². The lowest BCUT2D eigenvalue weighted by molar-refractivity contribution is -0.119. The average molecular weight is 571 g/mol. The highest BCUT2D eigenvalue weighted by Gasteiger charge is 2.35. The van der Waals surface area contributed by atoms with E-state index in [-0.39, 0.29) is 23.4 Å². The fourth-order valence-electron chi connectivity index (χ4n) is 6.09. The van der Waals surface area contributed by atoms with Gasteiger partial charge in [-0.2, -0.15) is 5.10 Å². The third-order valence-electron chi connectivity index (χ3n) is 8.44. The zero-order valence-corrected chi connectivity index (χ0v) is 25.2. The molecule has 0 spiro atoms. The number of rotatable bonds is 10. The van der Waals surface area contributed by atoms with Gasteiger partial charge in [0.1, 0.15) is 5.69 Å². The highest BCUT2D eigenvalue weighted by atomic mass is 16.2. The van der Waals surface area contributed by atoms with Gasteiger partial charge in [-0.1, -0.05) is 33.3 Å². The van der Waals surface area contributed by atoms with Gasteiger partial charge < -0.3 is 20.4 Å². The topological polar surface area (TPSA) is 105 Å². The molecule has 3 aromatic rings. The van der Waals surface area contributed by atoms with Crippen LogP contribution >= 0.6 is 0 Å². The van der Waals surface area contributed by atoms with E-state index in [1.165, 1.54) is 0 Å². The number of anilines is 3. The molecule has 2 aliphatic heterocycles. The molecule has 9 heteroatoms. The number of carbonyl (C=O) groups excluding carboxylic acids is 3. The minimum atomic E-state index is -0.637. The first-order valence-corrected chi connectivity index (χ1v) is 15.3. The summed E-state index contributed by atoms with van der Waals surface area (Å²) in [7, 11) is 0. The van der Waals surface area contributed by atoms with Crippen molar-refractivity contribution in [3.8, 4) is 5.69 Å². The molecule has 9 nitrogen and oxygen atoms in total. The Morgan fingerprint density at radius 2 is 1.69 bits per heavy atom. The van der Waals surface area contributed by atoms with Crippen molar-refractivity contribution in [2.45, 2.75) is 72.1 Å². The lowest BCUT2D eigenvalue weighted by atomic mass is 9.98. The van der Waals surface area contributed by atoms with Gasteiger partial charge in [-0.05, 0) is 80.5 Å². The van der Waals surface area contributed by atoms with Crippen molar-refractivity contribution in [2.75, 3.05) is 40.9 Å². The molecule has 5 rings (SSSR count). The standard InChI is InChI=1S/C33H42N6O3/c1-5-7-18-36(6-2)25-15-16-26(22(3)4)28(21-25)39-31-27(30(35-39)32(34)41)17-20-38(33(31)42)24-13-11-23(12-14-24)37-19-9-8-10-29(37)40/h11-16,21-22H,5-10,17-20H2,1-4H3,(H2,34,41). The number of fused-ring (bicyclic) bond motifs is 1. The van der Waals surface area contributed by atoms with E-state index in [0.717, 1.165) is 67.1 Å². The lowest BCUT2D eigenvalue weighted by Gasteiger charge is -2.30. The summed E-state index contributed by atoms with van der Waals surface area (Å²) in [5.41, 5.74) is 11.4. The van der Waals surface area contributed by atoms with Gasteiger partial charge in [0.2, 0.25) is 5.91 Å². The highest BCUT2D eigenvalue weighted by molar-refractivity contribution is 6.09. The van der Waals surface area contributed by atoms with Crippen molar-refractivity contribution < 1.29 is 14.4 Å². The largest absolute Gasteiger partial charge is 0.372 e. The number of amides is 3. The minimum Gasteiger partial charge on any atom is -0.372 e. The summed E-state index contributed by atoms with van der Waals surface area (Å²) >= 11 is 0. The number of piperidine rings is 1. The van der Waals surface area contributed by atoms with Crippen LogP contribution in [0.1, 0.15) is 97.8 Å². The molecule has 1 aromatic heterocycles. The molecule has 0 atom stereocenters. The molecule has 0 aliphatic carbocycles. The first kappa shape index (κ1) is 29.4. The summed E-state index contributed by atoms with van der Waals surface area (Å²) in [4.78, 5) is 45.0. The zero-order chi connectivity index (χ0) is 30.0. The van der Waals surface area contributed by atoms with Crippen molar-refractivity contribution in [3.05, 3.63) is 65.0 Å². The second-order valence-corrected chi connectivity index (χ2v) is 11.5. The number of nitrogens with zero attached hydrogens (tertiary/aromatic N) is 5. The molecule has 3 heterocycles. The Morgan fingerprint density at radius 3 is 2.31 bits per heavy atom. The molecule has 2 aromatic carbocycles. The monoisotopic (exact) mass is 570 g/mol. The molecule has 2 aliphatic rings. The summed E-state index contributed by atoms with van der Waals surface area (Å²) in [6.07, 6.45) is 5.12. The van der Waals surface area contributed by atoms with Crippen molar-refractivity contribution in [1.29, 1.82) is 0 Å². The zero-order valence-electron chi connectivity index (χ0n) is 25.2. The van der Waals surface area contributed by atoms with Gasteiger partial charge in [-0.3, -0.25) is 14.4 Å². The summed E-state index contributed by atoms with van der Waals surface area (Å²) in [5, 5.41) is 4.69. The first-order chi connectivity index (χ1) is 20.2. The van der Waals surface area contributed by atoms with E-state index in [9.17, 15) is 14.4 Å². The predicted octanol–water partition coefficient (Wildman–Crippen LogP) is 5.44. The van der Waals surface area contributed by atoms with E-state index in [0.29, 0.717) is 37.2 Å². The van der Waals surface area contributed by atoms with Crippen LogP contribution in [0.15, 0.2) is 42.5 Å². The molecule has 222 valence electrons. The van der Waals surface area contributed by atoms with E-state index < -0.39 is 5.91 Å². The third-order valence-corrected chi connectivity index (χ3v) is 8.44. The van der Waals surface area contributed by atoms with E-state index in [1.54, 1.807) is 9.58 Å². The third kappa shape index (κ3) is 5.52.